The fraction of sp³-hybridized carbons (Fsp3) is 0.200. The largest absolute Gasteiger partial charge is 0.377 e. The molecule has 0 saturated heterocycles. The van der Waals surface area contributed by atoms with Crippen LogP contribution in [0.5, 0.6) is 0 Å². The Hall–Kier alpha value is -1.18. The van der Waals surface area contributed by atoms with Gasteiger partial charge in [0.2, 0.25) is 0 Å². The van der Waals surface area contributed by atoms with Gasteiger partial charge in [-0.25, -0.2) is 0 Å². The van der Waals surface area contributed by atoms with Crippen LogP contribution in [0.1, 0.15) is 24.1 Å². The van der Waals surface area contributed by atoms with E-state index in [2.05, 4.69) is 31.3 Å². The average molecular weight is 280 g/mol. The lowest BCUT2D eigenvalue weighted by Crippen LogP contribution is -2.08. The monoisotopic (exact) mass is 279 g/mol. The molecule has 2 aromatic carbocycles. The zero-order valence-corrected chi connectivity index (χ0v) is 11.9. The Balaban J connectivity index is 2.21. The predicted molar refractivity (Wildman–Crippen MR) is 79.7 cm³/mol. The van der Waals surface area contributed by atoms with Crippen LogP contribution in [0.4, 0.5) is 5.69 Å². The lowest BCUT2D eigenvalue weighted by Gasteiger charge is -2.18. The predicted octanol–water partition coefficient (Wildman–Crippen LogP) is 5.47. The summed E-state index contributed by atoms with van der Waals surface area (Å²) in [5.41, 5.74) is 3.43. The van der Waals surface area contributed by atoms with E-state index in [0.717, 1.165) is 5.69 Å². The van der Waals surface area contributed by atoms with Crippen LogP contribution in [0.2, 0.25) is 10.0 Å². The van der Waals surface area contributed by atoms with Gasteiger partial charge in [-0.05, 0) is 43.2 Å². The van der Waals surface area contributed by atoms with E-state index in [0.29, 0.717) is 10.0 Å². The number of hydrogen-bond acceptors (Lipinski definition) is 1. The third kappa shape index (κ3) is 2.98. The highest BCUT2D eigenvalue weighted by Crippen LogP contribution is 2.29. The van der Waals surface area contributed by atoms with Gasteiger partial charge in [-0.2, -0.15) is 0 Å². The van der Waals surface area contributed by atoms with Gasteiger partial charge in [0.05, 0.1) is 10.7 Å². The molecule has 0 bridgehead atoms. The minimum atomic E-state index is 0.199. The average Bonchev–Trinajstić information content (AvgIpc) is 2.33. The van der Waals surface area contributed by atoms with Crippen LogP contribution in [-0.4, -0.2) is 0 Å². The Bertz CT molecular complexity index is 552. The fourth-order valence-electron chi connectivity index (χ4n) is 1.99. The molecule has 3 heteroatoms. The molecule has 2 aromatic rings. The van der Waals surface area contributed by atoms with Crippen molar-refractivity contribution in [2.75, 3.05) is 5.32 Å². The summed E-state index contributed by atoms with van der Waals surface area (Å²) in [5.74, 6) is 0. The topological polar surface area (TPSA) is 12.0 Å². The van der Waals surface area contributed by atoms with Gasteiger partial charge in [0.15, 0.2) is 0 Å². The third-order valence-corrected chi connectivity index (χ3v) is 3.51. The highest BCUT2D eigenvalue weighted by Gasteiger charge is 2.09. The molecule has 0 heterocycles. The van der Waals surface area contributed by atoms with Crippen LogP contribution in [-0.2, 0) is 0 Å². The summed E-state index contributed by atoms with van der Waals surface area (Å²) >= 11 is 12.0. The van der Waals surface area contributed by atoms with Gasteiger partial charge in [0, 0.05) is 11.1 Å². The number of benzene rings is 2. The number of anilines is 1. The molecule has 0 saturated carbocycles. The van der Waals surface area contributed by atoms with Gasteiger partial charge in [0.1, 0.15) is 0 Å². The molecule has 0 amide bonds. The van der Waals surface area contributed by atoms with Gasteiger partial charge < -0.3 is 5.32 Å². The van der Waals surface area contributed by atoms with Crippen LogP contribution < -0.4 is 5.32 Å². The maximum atomic E-state index is 6.15. The first-order valence-corrected chi connectivity index (χ1v) is 6.60. The van der Waals surface area contributed by atoms with E-state index >= 15 is 0 Å². The second-order valence-corrected chi connectivity index (χ2v) is 5.19. The van der Waals surface area contributed by atoms with E-state index in [1.54, 1.807) is 6.07 Å². The molecule has 1 atom stereocenters. The van der Waals surface area contributed by atoms with Crippen molar-refractivity contribution in [3.8, 4) is 0 Å². The van der Waals surface area contributed by atoms with Crippen molar-refractivity contribution in [1.82, 2.24) is 0 Å². The first-order valence-electron chi connectivity index (χ1n) is 5.85. The summed E-state index contributed by atoms with van der Waals surface area (Å²) in [6, 6.07) is 14.0. The van der Waals surface area contributed by atoms with E-state index < -0.39 is 0 Å². The van der Waals surface area contributed by atoms with Crippen molar-refractivity contribution in [3.63, 3.8) is 0 Å². The fourth-order valence-corrected chi connectivity index (χ4v) is 2.45. The number of nitrogens with one attached hydrogen (secondary N) is 1. The summed E-state index contributed by atoms with van der Waals surface area (Å²) in [5, 5.41) is 4.69. The van der Waals surface area contributed by atoms with Crippen molar-refractivity contribution in [3.05, 3.63) is 63.6 Å². The van der Waals surface area contributed by atoms with Crippen LogP contribution in [0.15, 0.2) is 42.5 Å². The smallest absolute Gasteiger partial charge is 0.0652 e. The minimum absolute atomic E-state index is 0.199. The van der Waals surface area contributed by atoms with Crippen molar-refractivity contribution in [1.29, 1.82) is 0 Å². The zero-order valence-electron chi connectivity index (χ0n) is 10.4. The maximum Gasteiger partial charge on any atom is 0.0652 e. The van der Waals surface area contributed by atoms with Crippen LogP contribution >= 0.6 is 23.2 Å². The van der Waals surface area contributed by atoms with Gasteiger partial charge in [-0.15, -0.1) is 0 Å². The summed E-state index contributed by atoms with van der Waals surface area (Å²) in [6.07, 6.45) is 0. The second-order valence-electron chi connectivity index (χ2n) is 4.35. The van der Waals surface area contributed by atoms with Gasteiger partial charge >= 0.3 is 0 Å². The molecular formula is C15H15Cl2N. The SMILES string of the molecule is Cc1ccccc1C(C)Nc1ccc(Cl)cc1Cl. The zero-order chi connectivity index (χ0) is 13.1. The Morgan fingerprint density at radius 1 is 1.06 bits per heavy atom. The molecule has 0 aliphatic rings. The van der Waals surface area contributed by atoms with Crippen molar-refractivity contribution >= 4 is 28.9 Å². The summed E-state index contributed by atoms with van der Waals surface area (Å²) < 4.78 is 0. The Morgan fingerprint density at radius 2 is 1.78 bits per heavy atom. The van der Waals surface area contributed by atoms with E-state index in [-0.39, 0.29) is 6.04 Å². The maximum absolute atomic E-state index is 6.15. The molecule has 1 unspecified atom stereocenters. The van der Waals surface area contributed by atoms with E-state index in [1.165, 1.54) is 11.1 Å². The van der Waals surface area contributed by atoms with E-state index in [9.17, 15) is 0 Å². The third-order valence-electron chi connectivity index (χ3n) is 2.96. The Kier molecular flexibility index (Phi) is 4.15. The standard InChI is InChI=1S/C15H15Cl2N/c1-10-5-3-4-6-13(10)11(2)18-15-8-7-12(16)9-14(15)17/h3-9,11,18H,1-2H3. The highest BCUT2D eigenvalue weighted by atomic mass is 35.5. The quantitative estimate of drug-likeness (QED) is 0.785. The Labute approximate surface area is 118 Å². The number of aryl methyl sites for hydroxylation is 1. The molecule has 0 aromatic heterocycles. The lowest BCUT2D eigenvalue weighted by atomic mass is 10.0. The van der Waals surface area contributed by atoms with Crippen molar-refractivity contribution in [2.24, 2.45) is 0 Å². The number of halogens is 2. The van der Waals surface area contributed by atoms with E-state index in [4.69, 9.17) is 23.2 Å². The van der Waals surface area contributed by atoms with Crippen LogP contribution in [0, 0.1) is 6.92 Å². The van der Waals surface area contributed by atoms with Gasteiger partial charge in [-0.1, -0.05) is 47.5 Å². The van der Waals surface area contributed by atoms with Crippen LogP contribution in [0.3, 0.4) is 0 Å². The molecule has 94 valence electrons. The number of rotatable bonds is 3. The molecule has 18 heavy (non-hydrogen) atoms. The molecule has 1 nitrogen and oxygen atoms in total. The molecule has 0 radical (unpaired) electrons. The normalized spacial score (nSPS) is 12.2. The Morgan fingerprint density at radius 3 is 2.44 bits per heavy atom. The lowest BCUT2D eigenvalue weighted by molar-refractivity contribution is 0.874. The first kappa shape index (κ1) is 13.3. The molecule has 0 aliphatic carbocycles. The molecule has 0 fully saturated rings. The van der Waals surface area contributed by atoms with Gasteiger partial charge in [-0.3, -0.25) is 0 Å². The first-order chi connectivity index (χ1) is 8.58. The second kappa shape index (κ2) is 5.64. The number of hydrogen-bond donors (Lipinski definition) is 1. The van der Waals surface area contributed by atoms with Crippen molar-refractivity contribution in [2.45, 2.75) is 19.9 Å². The van der Waals surface area contributed by atoms with Crippen LogP contribution in [0.25, 0.3) is 0 Å². The van der Waals surface area contributed by atoms with E-state index in [1.807, 2.05) is 24.3 Å². The summed E-state index contributed by atoms with van der Waals surface area (Å²) in [7, 11) is 0. The molecule has 0 spiro atoms. The highest BCUT2D eigenvalue weighted by molar-refractivity contribution is 6.36. The van der Waals surface area contributed by atoms with Crippen molar-refractivity contribution < 1.29 is 0 Å². The molecule has 0 aliphatic heterocycles. The molecule has 1 N–H and O–H groups in total. The molecular weight excluding hydrogens is 265 g/mol. The van der Waals surface area contributed by atoms with Gasteiger partial charge in [0.25, 0.3) is 0 Å². The molecule has 2 rings (SSSR count). The summed E-state index contributed by atoms with van der Waals surface area (Å²) in [6.45, 7) is 4.23. The summed E-state index contributed by atoms with van der Waals surface area (Å²) in [4.78, 5) is 0. The minimum Gasteiger partial charge on any atom is -0.377 e.